The summed E-state index contributed by atoms with van der Waals surface area (Å²) in [6.45, 7) is 5.21. The van der Waals surface area contributed by atoms with E-state index in [1.54, 1.807) is 12.3 Å². The standard InChI is InChI=1S/C27H32F3N5O2/c1-16(2)18-5-7-21(8-6-18)35-14-22(25(34-35)27(28,29)30)33-26(36)20-11-23(37-15-20)19-9-10-31-24(12-19)32-13-17-3-4-17/h9-12,14-18,21H,3-8,13H2,1-2H3,(H,31,32)(H,33,36). The quantitative estimate of drug-likeness (QED) is 0.337. The molecule has 5 rings (SSSR count). The molecule has 3 aromatic rings. The minimum Gasteiger partial charge on any atom is -0.464 e. The summed E-state index contributed by atoms with van der Waals surface area (Å²) in [7, 11) is 0. The van der Waals surface area contributed by atoms with Crippen LogP contribution in [-0.2, 0) is 6.18 Å². The second kappa shape index (κ2) is 10.2. The molecule has 2 aliphatic carbocycles. The van der Waals surface area contributed by atoms with Gasteiger partial charge in [-0.05, 0) is 74.5 Å². The number of anilines is 2. The van der Waals surface area contributed by atoms with E-state index in [4.69, 9.17) is 4.42 Å². The highest BCUT2D eigenvalue weighted by molar-refractivity contribution is 6.05. The first kappa shape index (κ1) is 25.4. The molecule has 3 heterocycles. The summed E-state index contributed by atoms with van der Waals surface area (Å²) in [4.78, 5) is 17.2. The molecule has 2 aliphatic rings. The third-order valence-corrected chi connectivity index (χ3v) is 7.48. The third-order valence-electron chi connectivity index (χ3n) is 7.48. The van der Waals surface area contributed by atoms with E-state index in [1.807, 2.05) is 6.07 Å². The van der Waals surface area contributed by atoms with Gasteiger partial charge in [-0.3, -0.25) is 9.48 Å². The monoisotopic (exact) mass is 515 g/mol. The Labute approximate surface area is 213 Å². The van der Waals surface area contributed by atoms with Crippen molar-refractivity contribution in [1.29, 1.82) is 0 Å². The Balaban J connectivity index is 1.29. The fourth-order valence-corrected chi connectivity index (χ4v) is 4.96. The van der Waals surface area contributed by atoms with Gasteiger partial charge >= 0.3 is 6.18 Å². The number of amides is 1. The topological polar surface area (TPSA) is 85.0 Å². The van der Waals surface area contributed by atoms with Crippen LogP contribution >= 0.6 is 0 Å². The van der Waals surface area contributed by atoms with Crippen molar-refractivity contribution in [1.82, 2.24) is 14.8 Å². The van der Waals surface area contributed by atoms with Gasteiger partial charge in [-0.25, -0.2) is 4.98 Å². The number of hydrogen-bond donors (Lipinski definition) is 2. The molecule has 0 spiro atoms. The SMILES string of the molecule is CC(C)C1CCC(n2cc(NC(=O)c3coc(-c4ccnc(NCC5CC5)c4)c3)c(C(F)(F)F)n2)CC1. The van der Waals surface area contributed by atoms with E-state index < -0.39 is 17.8 Å². The van der Waals surface area contributed by atoms with Crippen molar-refractivity contribution in [2.24, 2.45) is 17.8 Å². The Morgan fingerprint density at radius 2 is 1.92 bits per heavy atom. The number of hydrogen-bond acceptors (Lipinski definition) is 5. The molecule has 2 fully saturated rings. The van der Waals surface area contributed by atoms with Crippen molar-refractivity contribution in [2.45, 2.75) is 64.6 Å². The summed E-state index contributed by atoms with van der Waals surface area (Å²) in [5, 5.41) is 9.56. The fourth-order valence-electron chi connectivity index (χ4n) is 4.96. The van der Waals surface area contributed by atoms with E-state index in [0.717, 1.165) is 32.2 Å². The number of rotatable bonds is 8. The Morgan fingerprint density at radius 3 is 2.59 bits per heavy atom. The van der Waals surface area contributed by atoms with Crippen molar-refractivity contribution >= 4 is 17.4 Å². The maximum Gasteiger partial charge on any atom is 0.437 e. The van der Waals surface area contributed by atoms with Gasteiger partial charge in [0.15, 0.2) is 5.69 Å². The second-order valence-corrected chi connectivity index (χ2v) is 10.6. The molecule has 1 amide bonds. The molecule has 37 heavy (non-hydrogen) atoms. The molecule has 7 nitrogen and oxygen atoms in total. The highest BCUT2D eigenvalue weighted by Gasteiger charge is 2.39. The van der Waals surface area contributed by atoms with Crippen molar-refractivity contribution < 1.29 is 22.4 Å². The highest BCUT2D eigenvalue weighted by Crippen LogP contribution is 2.39. The number of nitrogens with one attached hydrogen (secondary N) is 2. The predicted octanol–water partition coefficient (Wildman–Crippen LogP) is 7.02. The van der Waals surface area contributed by atoms with Crippen molar-refractivity contribution in [3.8, 4) is 11.3 Å². The molecule has 0 atom stereocenters. The minimum absolute atomic E-state index is 0.114. The third kappa shape index (κ3) is 5.99. The van der Waals surface area contributed by atoms with E-state index in [1.165, 1.54) is 36.0 Å². The molecule has 0 aliphatic heterocycles. The lowest BCUT2D eigenvalue weighted by Gasteiger charge is -2.30. The molecule has 0 unspecified atom stereocenters. The van der Waals surface area contributed by atoms with Crippen LogP contribution in [0.4, 0.5) is 24.7 Å². The van der Waals surface area contributed by atoms with E-state index >= 15 is 0 Å². The number of carbonyl (C=O) groups is 1. The van der Waals surface area contributed by atoms with Gasteiger partial charge in [0.2, 0.25) is 0 Å². The lowest BCUT2D eigenvalue weighted by atomic mass is 9.80. The molecular weight excluding hydrogens is 483 g/mol. The molecule has 0 radical (unpaired) electrons. The van der Waals surface area contributed by atoms with Crippen LogP contribution in [0.5, 0.6) is 0 Å². The number of nitrogens with zero attached hydrogens (tertiary/aromatic N) is 3. The van der Waals surface area contributed by atoms with Gasteiger partial charge in [0, 0.05) is 24.5 Å². The van der Waals surface area contributed by atoms with Crippen LogP contribution in [0.2, 0.25) is 0 Å². The van der Waals surface area contributed by atoms with Gasteiger partial charge < -0.3 is 15.1 Å². The average Bonchev–Trinajstić information content (AvgIpc) is 3.38. The maximum atomic E-state index is 13.8. The van der Waals surface area contributed by atoms with Crippen molar-refractivity contribution in [2.75, 3.05) is 17.2 Å². The van der Waals surface area contributed by atoms with Gasteiger partial charge in [-0.15, -0.1) is 0 Å². The number of alkyl halides is 3. The number of aromatic nitrogens is 3. The Kier molecular flexibility index (Phi) is 7.00. The molecule has 3 aromatic heterocycles. The maximum absolute atomic E-state index is 13.8. The fraction of sp³-hybridized carbons (Fsp3) is 0.519. The van der Waals surface area contributed by atoms with Crippen LogP contribution in [0.25, 0.3) is 11.3 Å². The molecule has 0 saturated heterocycles. The summed E-state index contributed by atoms with van der Waals surface area (Å²) in [5.41, 5.74) is -0.594. The Morgan fingerprint density at radius 1 is 1.16 bits per heavy atom. The lowest BCUT2D eigenvalue weighted by molar-refractivity contribution is -0.141. The van der Waals surface area contributed by atoms with Crippen LogP contribution in [0.15, 0.2) is 41.3 Å². The van der Waals surface area contributed by atoms with Crippen molar-refractivity contribution in [3.63, 3.8) is 0 Å². The number of carbonyl (C=O) groups excluding carboxylic acids is 1. The summed E-state index contributed by atoms with van der Waals surface area (Å²) in [6, 6.07) is 4.97. The highest BCUT2D eigenvalue weighted by atomic mass is 19.4. The van der Waals surface area contributed by atoms with Crippen LogP contribution in [0.3, 0.4) is 0 Å². The largest absolute Gasteiger partial charge is 0.464 e. The molecule has 0 aromatic carbocycles. The molecular formula is C27H32F3N5O2. The van der Waals surface area contributed by atoms with E-state index in [-0.39, 0.29) is 17.3 Å². The molecule has 198 valence electrons. The zero-order valence-electron chi connectivity index (χ0n) is 21.0. The van der Waals surface area contributed by atoms with E-state index in [0.29, 0.717) is 34.9 Å². The smallest absolute Gasteiger partial charge is 0.437 e. The van der Waals surface area contributed by atoms with Gasteiger partial charge in [0.1, 0.15) is 17.8 Å². The van der Waals surface area contributed by atoms with Gasteiger partial charge in [-0.2, -0.15) is 18.3 Å². The van der Waals surface area contributed by atoms with Crippen LogP contribution in [-0.4, -0.2) is 27.2 Å². The van der Waals surface area contributed by atoms with Crippen LogP contribution in [0.1, 0.15) is 74.5 Å². The lowest BCUT2D eigenvalue weighted by Crippen LogP contribution is -2.22. The van der Waals surface area contributed by atoms with Crippen LogP contribution in [0, 0.1) is 17.8 Å². The minimum atomic E-state index is -4.69. The number of halogens is 3. The number of furan rings is 1. The first-order valence-corrected chi connectivity index (χ1v) is 12.9. The zero-order valence-corrected chi connectivity index (χ0v) is 21.0. The molecule has 2 saturated carbocycles. The summed E-state index contributed by atoms with van der Waals surface area (Å²) in [5.74, 6) is 2.26. The Hall–Kier alpha value is -3.30. The Bertz CT molecular complexity index is 1240. The molecule has 0 bridgehead atoms. The average molecular weight is 516 g/mol. The predicted molar refractivity (Wildman–Crippen MR) is 134 cm³/mol. The summed E-state index contributed by atoms with van der Waals surface area (Å²) < 4.78 is 48.3. The first-order chi connectivity index (χ1) is 17.7. The summed E-state index contributed by atoms with van der Waals surface area (Å²) in [6.07, 6.45) is 5.39. The second-order valence-electron chi connectivity index (χ2n) is 10.6. The number of pyridine rings is 1. The zero-order chi connectivity index (χ0) is 26.2. The van der Waals surface area contributed by atoms with Gasteiger partial charge in [0.05, 0.1) is 17.3 Å². The summed E-state index contributed by atoms with van der Waals surface area (Å²) >= 11 is 0. The molecule has 10 heteroatoms. The normalized spacial score (nSPS) is 20.3. The first-order valence-electron chi connectivity index (χ1n) is 12.9. The van der Waals surface area contributed by atoms with E-state index in [9.17, 15) is 18.0 Å². The molecule has 2 N–H and O–H groups in total. The van der Waals surface area contributed by atoms with Gasteiger partial charge in [0.25, 0.3) is 5.91 Å². The van der Waals surface area contributed by atoms with Gasteiger partial charge in [-0.1, -0.05) is 13.8 Å². The van der Waals surface area contributed by atoms with E-state index in [2.05, 4.69) is 34.6 Å². The van der Waals surface area contributed by atoms with Crippen LogP contribution < -0.4 is 10.6 Å². The van der Waals surface area contributed by atoms with Crippen molar-refractivity contribution in [3.05, 3.63) is 48.1 Å².